The average Bonchev–Trinajstić information content (AvgIpc) is 1.83. The maximum absolute atomic E-state index is 10.7. The van der Waals surface area contributed by atoms with Crippen molar-refractivity contribution < 1.29 is 14.9 Å². The molecule has 3 nitrogen and oxygen atoms in total. The Hall–Kier alpha value is -0.570. The minimum absolute atomic E-state index is 0.153. The molecule has 0 aromatic rings. The molecule has 1 N–H and O–H groups in total. The summed E-state index contributed by atoms with van der Waals surface area (Å²) in [4.78, 5) is 14.3. The second kappa shape index (κ2) is 3.01. The molecule has 0 aromatic heterocycles. The van der Waals surface area contributed by atoms with Crippen LogP contribution in [-0.4, -0.2) is 11.2 Å². The third-order valence-electron chi connectivity index (χ3n) is 1.74. The molecule has 0 unspecified atom stereocenters. The summed E-state index contributed by atoms with van der Waals surface area (Å²) in [6, 6.07) is 0. The highest BCUT2D eigenvalue weighted by Gasteiger charge is 2.28. The molecule has 0 heterocycles. The highest BCUT2D eigenvalue weighted by atomic mass is 17.1. The Kier molecular flexibility index (Phi) is 2.84. The van der Waals surface area contributed by atoms with Crippen LogP contribution < -0.4 is 0 Å². The zero-order valence-corrected chi connectivity index (χ0v) is 6.84. The monoisotopic (exact) mass is 146 g/mol. The van der Waals surface area contributed by atoms with Crippen molar-refractivity contribution in [2.75, 3.05) is 0 Å². The zero-order chi connectivity index (χ0) is 8.36. The summed E-state index contributed by atoms with van der Waals surface area (Å²) in [7, 11) is 0. The van der Waals surface area contributed by atoms with Crippen LogP contribution in [0, 0.1) is 11.3 Å². The van der Waals surface area contributed by atoms with Crippen LogP contribution in [0.5, 0.6) is 0 Å². The van der Waals surface area contributed by atoms with Crippen molar-refractivity contribution >= 4 is 5.97 Å². The Morgan fingerprint density at radius 1 is 1.50 bits per heavy atom. The summed E-state index contributed by atoms with van der Waals surface area (Å²) in [6.45, 7) is 7.45. The van der Waals surface area contributed by atoms with Gasteiger partial charge in [-0.1, -0.05) is 27.7 Å². The third-order valence-corrected chi connectivity index (χ3v) is 1.74. The Bertz CT molecular complexity index is 123. The van der Waals surface area contributed by atoms with Crippen LogP contribution in [0.2, 0.25) is 0 Å². The molecule has 0 saturated carbocycles. The molecule has 0 spiro atoms. The van der Waals surface area contributed by atoms with Gasteiger partial charge >= 0.3 is 5.97 Å². The number of hydrogen-bond acceptors (Lipinski definition) is 3. The van der Waals surface area contributed by atoms with E-state index in [1.54, 1.807) is 6.92 Å². The van der Waals surface area contributed by atoms with Crippen molar-refractivity contribution in [3.8, 4) is 0 Å². The molecule has 0 radical (unpaired) electrons. The molecule has 0 amide bonds. The SMILES string of the molecule is C[C@@H](C(=O)OO)C(C)(C)C. The number of carbonyl (C=O) groups is 1. The predicted octanol–water partition coefficient (Wildman–Crippen LogP) is 1.68. The van der Waals surface area contributed by atoms with Gasteiger partial charge in [-0.05, 0) is 5.41 Å². The van der Waals surface area contributed by atoms with E-state index in [0.717, 1.165) is 0 Å². The van der Waals surface area contributed by atoms with Crippen molar-refractivity contribution in [1.82, 2.24) is 0 Å². The van der Waals surface area contributed by atoms with Gasteiger partial charge in [0.15, 0.2) is 0 Å². The summed E-state index contributed by atoms with van der Waals surface area (Å²) in [5.74, 6) is -0.856. The van der Waals surface area contributed by atoms with Gasteiger partial charge in [-0.3, -0.25) is 0 Å². The fourth-order valence-electron chi connectivity index (χ4n) is 0.433. The fraction of sp³-hybridized carbons (Fsp3) is 0.857. The van der Waals surface area contributed by atoms with E-state index >= 15 is 0 Å². The van der Waals surface area contributed by atoms with E-state index in [1.165, 1.54) is 0 Å². The van der Waals surface area contributed by atoms with Gasteiger partial charge < -0.3 is 4.89 Å². The van der Waals surface area contributed by atoms with Gasteiger partial charge in [-0.2, -0.15) is 5.26 Å². The summed E-state index contributed by atoms with van der Waals surface area (Å²) in [6.07, 6.45) is 0. The molecule has 3 heteroatoms. The smallest absolute Gasteiger partial charge is 0.301 e. The van der Waals surface area contributed by atoms with E-state index in [9.17, 15) is 4.79 Å². The lowest BCUT2D eigenvalue weighted by atomic mass is 9.82. The first-order valence-corrected chi connectivity index (χ1v) is 3.25. The lowest BCUT2D eigenvalue weighted by Crippen LogP contribution is -2.26. The van der Waals surface area contributed by atoms with Crippen LogP contribution in [0.4, 0.5) is 0 Å². The largest absolute Gasteiger partial charge is 0.345 e. The fourth-order valence-corrected chi connectivity index (χ4v) is 0.433. The molecule has 10 heavy (non-hydrogen) atoms. The minimum Gasteiger partial charge on any atom is -0.301 e. The quantitative estimate of drug-likeness (QED) is 0.452. The Morgan fingerprint density at radius 2 is 1.90 bits per heavy atom. The number of carbonyl (C=O) groups excluding carboxylic acids is 1. The maximum atomic E-state index is 10.7. The van der Waals surface area contributed by atoms with Crippen LogP contribution in [0.25, 0.3) is 0 Å². The van der Waals surface area contributed by atoms with Gasteiger partial charge in [0.2, 0.25) is 0 Å². The topological polar surface area (TPSA) is 46.5 Å². The molecule has 0 rings (SSSR count). The molecule has 0 aliphatic heterocycles. The van der Waals surface area contributed by atoms with E-state index in [0.29, 0.717) is 0 Å². The van der Waals surface area contributed by atoms with Crippen molar-refractivity contribution in [3.05, 3.63) is 0 Å². The van der Waals surface area contributed by atoms with Gasteiger partial charge in [0, 0.05) is 0 Å². The molecule has 0 aromatic carbocycles. The highest BCUT2D eigenvalue weighted by Crippen LogP contribution is 2.25. The molecular formula is C7H14O3. The zero-order valence-electron chi connectivity index (χ0n) is 6.84. The van der Waals surface area contributed by atoms with Gasteiger partial charge in [0.25, 0.3) is 0 Å². The lowest BCUT2D eigenvalue weighted by molar-refractivity contribution is -0.241. The molecule has 0 bridgehead atoms. The molecule has 1 atom stereocenters. The van der Waals surface area contributed by atoms with Gasteiger partial charge in [-0.25, -0.2) is 4.79 Å². The van der Waals surface area contributed by atoms with Crippen molar-refractivity contribution in [2.24, 2.45) is 11.3 Å². The Balaban J connectivity index is 4.08. The van der Waals surface area contributed by atoms with Crippen LogP contribution >= 0.6 is 0 Å². The van der Waals surface area contributed by atoms with E-state index < -0.39 is 5.97 Å². The summed E-state index contributed by atoms with van der Waals surface area (Å²) >= 11 is 0. The second-order valence-corrected chi connectivity index (χ2v) is 3.50. The van der Waals surface area contributed by atoms with E-state index in [1.807, 2.05) is 20.8 Å². The van der Waals surface area contributed by atoms with Gasteiger partial charge in [-0.15, -0.1) is 0 Å². The first-order chi connectivity index (χ1) is 4.39. The standard InChI is InChI=1S/C7H14O3/c1-5(6(8)10-9)7(2,3)4/h5,9H,1-4H3/t5-/m0/s1. The summed E-state index contributed by atoms with van der Waals surface area (Å²) < 4.78 is 0. The molecule has 0 saturated heterocycles. The molecule has 0 aliphatic carbocycles. The van der Waals surface area contributed by atoms with Gasteiger partial charge in [0.1, 0.15) is 0 Å². The predicted molar refractivity (Wildman–Crippen MR) is 37.3 cm³/mol. The number of rotatable bonds is 1. The molecule has 0 fully saturated rings. The first kappa shape index (κ1) is 9.43. The normalized spacial score (nSPS) is 14.5. The third kappa shape index (κ3) is 2.35. The van der Waals surface area contributed by atoms with Crippen molar-refractivity contribution in [2.45, 2.75) is 27.7 Å². The van der Waals surface area contributed by atoms with E-state index in [2.05, 4.69) is 4.89 Å². The van der Waals surface area contributed by atoms with Crippen LogP contribution in [-0.2, 0) is 9.68 Å². The first-order valence-electron chi connectivity index (χ1n) is 3.25. The van der Waals surface area contributed by atoms with E-state index in [4.69, 9.17) is 5.26 Å². The molecular weight excluding hydrogens is 132 g/mol. The van der Waals surface area contributed by atoms with Crippen LogP contribution in [0.15, 0.2) is 0 Å². The Morgan fingerprint density at radius 3 is 2.00 bits per heavy atom. The summed E-state index contributed by atoms with van der Waals surface area (Å²) in [5.41, 5.74) is -0.153. The van der Waals surface area contributed by atoms with Crippen molar-refractivity contribution in [3.63, 3.8) is 0 Å². The average molecular weight is 146 g/mol. The molecule has 0 aliphatic rings. The highest BCUT2D eigenvalue weighted by molar-refractivity contribution is 5.72. The summed E-state index contributed by atoms with van der Waals surface area (Å²) in [5, 5.41) is 8.02. The molecule has 60 valence electrons. The van der Waals surface area contributed by atoms with Crippen molar-refractivity contribution in [1.29, 1.82) is 0 Å². The number of hydrogen-bond donors (Lipinski definition) is 1. The second-order valence-electron chi connectivity index (χ2n) is 3.50. The lowest BCUT2D eigenvalue weighted by Gasteiger charge is -2.23. The Labute approximate surface area is 60.9 Å². The van der Waals surface area contributed by atoms with E-state index in [-0.39, 0.29) is 11.3 Å². The van der Waals surface area contributed by atoms with Crippen LogP contribution in [0.3, 0.4) is 0 Å². The van der Waals surface area contributed by atoms with Gasteiger partial charge in [0.05, 0.1) is 5.92 Å². The maximum Gasteiger partial charge on any atom is 0.345 e. The minimum atomic E-state index is -0.576. The van der Waals surface area contributed by atoms with Crippen LogP contribution in [0.1, 0.15) is 27.7 Å².